The fourth-order valence-corrected chi connectivity index (χ4v) is 5.43. The van der Waals surface area contributed by atoms with Crippen molar-refractivity contribution in [2.45, 2.75) is 40.2 Å². The van der Waals surface area contributed by atoms with E-state index in [1.54, 1.807) is 24.3 Å². The van der Waals surface area contributed by atoms with E-state index in [9.17, 15) is 14.9 Å². The Balaban J connectivity index is 1.48. The molecule has 5 rings (SSSR count). The highest BCUT2D eigenvalue weighted by atomic mass is 16.1. The third-order valence-corrected chi connectivity index (χ3v) is 7.52. The van der Waals surface area contributed by atoms with Crippen molar-refractivity contribution < 1.29 is 9.59 Å². The molecule has 3 heterocycles. The number of hydrogen-bond donors (Lipinski definition) is 2. The molecule has 0 aliphatic heterocycles. The van der Waals surface area contributed by atoms with Crippen LogP contribution in [-0.4, -0.2) is 37.7 Å². The lowest BCUT2D eigenvalue weighted by molar-refractivity contribution is -0.111. The number of allylic oxidation sites excluding steroid dienone is 1. The molecule has 3 aromatic heterocycles. The van der Waals surface area contributed by atoms with Gasteiger partial charge in [0.15, 0.2) is 0 Å². The Labute approximate surface area is 257 Å². The van der Waals surface area contributed by atoms with Gasteiger partial charge >= 0.3 is 0 Å². The number of aromatic nitrogens is 3. The summed E-state index contributed by atoms with van der Waals surface area (Å²) >= 11 is 0. The molecule has 222 valence electrons. The van der Waals surface area contributed by atoms with Crippen LogP contribution in [0.3, 0.4) is 0 Å². The standard InChI is InChI=1S/C36H36N6O2/c1-22(2)32-33(23(3)18-30-34(32)38-21-41(30)7)26-10-9-17-42-28(26)14-15-29(42)35(44)24-12-13-27(25(19-24)20-37)40-31(43)11-8-16-39-36(4,5)6/h8-15,17-19,21,39H,1,16H2,2-7H3,(H,40,43)/b11-8+. The quantitative estimate of drug-likeness (QED) is 0.154. The largest absolute Gasteiger partial charge is 0.334 e. The molecule has 0 bridgehead atoms. The van der Waals surface area contributed by atoms with Crippen LogP contribution in [0.2, 0.25) is 0 Å². The lowest BCUT2D eigenvalue weighted by Gasteiger charge is -2.18. The molecule has 2 aromatic carbocycles. The first-order chi connectivity index (χ1) is 20.9. The number of fused-ring (bicyclic) bond motifs is 2. The van der Waals surface area contributed by atoms with Gasteiger partial charge in [-0.25, -0.2) is 4.98 Å². The van der Waals surface area contributed by atoms with E-state index in [1.807, 2.05) is 74.4 Å². The molecule has 0 aliphatic rings. The van der Waals surface area contributed by atoms with Crippen LogP contribution in [-0.2, 0) is 11.8 Å². The van der Waals surface area contributed by atoms with Gasteiger partial charge in [0.2, 0.25) is 11.7 Å². The second-order valence-corrected chi connectivity index (χ2v) is 12.1. The van der Waals surface area contributed by atoms with Crippen LogP contribution in [0.15, 0.2) is 79.8 Å². The predicted molar refractivity (Wildman–Crippen MR) is 177 cm³/mol. The molecule has 8 nitrogen and oxygen atoms in total. The average molecular weight is 585 g/mol. The Hall–Kier alpha value is -5.26. The smallest absolute Gasteiger partial charge is 0.248 e. The molecule has 5 aromatic rings. The molecule has 8 heteroatoms. The molecule has 2 N–H and O–H groups in total. The number of rotatable bonds is 8. The van der Waals surface area contributed by atoms with E-state index in [4.69, 9.17) is 0 Å². The SMILES string of the molecule is C=C(C)c1c(-c2cccn3c(C(=O)c4ccc(NC(=O)/C=C/CNC(C)(C)C)c(C#N)c4)ccc23)c(C)cc2c1ncn2C. The molecule has 0 saturated heterocycles. The fourth-order valence-electron chi connectivity index (χ4n) is 5.43. The first-order valence-corrected chi connectivity index (χ1v) is 14.4. The van der Waals surface area contributed by atoms with Crippen molar-refractivity contribution in [1.82, 2.24) is 19.3 Å². The number of nitrogens with zero attached hydrogens (tertiary/aromatic N) is 4. The van der Waals surface area contributed by atoms with E-state index < -0.39 is 0 Å². The number of imidazole rings is 1. The van der Waals surface area contributed by atoms with E-state index in [2.05, 4.69) is 41.3 Å². The number of carbonyl (C=O) groups excluding carboxylic acids is 2. The maximum absolute atomic E-state index is 13.8. The highest BCUT2D eigenvalue weighted by molar-refractivity contribution is 6.10. The van der Waals surface area contributed by atoms with Crippen molar-refractivity contribution in [2.75, 3.05) is 11.9 Å². The van der Waals surface area contributed by atoms with E-state index in [0.29, 0.717) is 23.5 Å². The van der Waals surface area contributed by atoms with Crippen molar-refractivity contribution in [3.63, 3.8) is 0 Å². The number of hydrogen-bond acceptors (Lipinski definition) is 5. The van der Waals surface area contributed by atoms with E-state index in [1.165, 1.54) is 12.1 Å². The number of amides is 1. The summed E-state index contributed by atoms with van der Waals surface area (Å²) in [6, 6.07) is 16.7. The first-order valence-electron chi connectivity index (χ1n) is 14.4. The Morgan fingerprint density at radius 3 is 2.59 bits per heavy atom. The minimum atomic E-state index is -0.352. The third-order valence-electron chi connectivity index (χ3n) is 7.52. The zero-order chi connectivity index (χ0) is 31.8. The van der Waals surface area contributed by atoms with Crippen molar-refractivity contribution in [1.29, 1.82) is 5.26 Å². The van der Waals surface area contributed by atoms with Crippen LogP contribution in [0, 0.1) is 18.3 Å². The van der Waals surface area contributed by atoms with Gasteiger partial charge in [-0.05, 0) is 93.8 Å². The van der Waals surface area contributed by atoms with Gasteiger partial charge < -0.3 is 19.6 Å². The lowest BCUT2D eigenvalue weighted by atomic mass is 9.90. The van der Waals surface area contributed by atoms with E-state index >= 15 is 0 Å². The van der Waals surface area contributed by atoms with Crippen LogP contribution in [0.4, 0.5) is 5.69 Å². The van der Waals surface area contributed by atoms with Gasteiger partial charge in [-0.15, -0.1) is 0 Å². The highest BCUT2D eigenvalue weighted by Crippen LogP contribution is 2.39. The fraction of sp³-hybridized carbons (Fsp3) is 0.222. The van der Waals surface area contributed by atoms with Gasteiger partial charge in [-0.3, -0.25) is 9.59 Å². The van der Waals surface area contributed by atoms with Gasteiger partial charge in [0, 0.05) is 48.1 Å². The van der Waals surface area contributed by atoms with Gasteiger partial charge in [0.25, 0.3) is 0 Å². The summed E-state index contributed by atoms with van der Waals surface area (Å²) in [6.45, 7) is 15.0. The van der Waals surface area contributed by atoms with Crippen molar-refractivity contribution in [2.24, 2.45) is 7.05 Å². The zero-order valence-electron chi connectivity index (χ0n) is 25.9. The zero-order valence-corrected chi connectivity index (χ0v) is 25.9. The number of aryl methyl sites for hydroxylation is 2. The Kier molecular flexibility index (Phi) is 8.09. The molecular formula is C36H36N6O2. The van der Waals surface area contributed by atoms with Crippen molar-refractivity contribution in [3.05, 3.63) is 108 Å². The topological polar surface area (TPSA) is 104 Å². The maximum Gasteiger partial charge on any atom is 0.248 e. The first kappa shape index (κ1) is 30.2. The third kappa shape index (κ3) is 5.83. The van der Waals surface area contributed by atoms with Crippen LogP contribution >= 0.6 is 0 Å². The Bertz CT molecular complexity index is 2030. The van der Waals surface area contributed by atoms with Gasteiger partial charge in [-0.2, -0.15) is 5.26 Å². The van der Waals surface area contributed by atoms with Crippen LogP contribution in [0.5, 0.6) is 0 Å². The lowest BCUT2D eigenvalue weighted by Crippen LogP contribution is -2.35. The van der Waals surface area contributed by atoms with Crippen molar-refractivity contribution >= 4 is 39.5 Å². The number of nitrogens with one attached hydrogen (secondary N) is 2. The summed E-state index contributed by atoms with van der Waals surface area (Å²) in [5.74, 6) is -0.587. The number of nitriles is 1. The minimum Gasteiger partial charge on any atom is -0.334 e. The van der Waals surface area contributed by atoms with Gasteiger partial charge in [-0.1, -0.05) is 18.7 Å². The number of pyridine rings is 1. The van der Waals surface area contributed by atoms with Crippen LogP contribution in [0.1, 0.15) is 60.4 Å². The van der Waals surface area contributed by atoms with Crippen LogP contribution in [0.25, 0.3) is 33.3 Å². The Morgan fingerprint density at radius 1 is 1.11 bits per heavy atom. The molecule has 0 unspecified atom stereocenters. The average Bonchev–Trinajstić information content (AvgIpc) is 3.57. The summed E-state index contributed by atoms with van der Waals surface area (Å²) in [6.07, 6.45) is 6.83. The predicted octanol–water partition coefficient (Wildman–Crippen LogP) is 6.82. The molecule has 44 heavy (non-hydrogen) atoms. The molecule has 0 fully saturated rings. The van der Waals surface area contributed by atoms with Gasteiger partial charge in [0.05, 0.1) is 39.8 Å². The molecule has 0 atom stereocenters. The van der Waals surface area contributed by atoms with Gasteiger partial charge in [0.1, 0.15) is 6.07 Å². The number of anilines is 1. The van der Waals surface area contributed by atoms with Crippen LogP contribution < -0.4 is 10.6 Å². The monoisotopic (exact) mass is 584 g/mol. The normalized spacial score (nSPS) is 11.8. The molecule has 0 spiro atoms. The van der Waals surface area contributed by atoms with E-state index in [-0.39, 0.29) is 22.8 Å². The summed E-state index contributed by atoms with van der Waals surface area (Å²) in [4.78, 5) is 30.9. The summed E-state index contributed by atoms with van der Waals surface area (Å²) in [5, 5.41) is 15.8. The number of benzene rings is 2. The second-order valence-electron chi connectivity index (χ2n) is 12.1. The Morgan fingerprint density at radius 2 is 1.89 bits per heavy atom. The summed E-state index contributed by atoms with van der Waals surface area (Å²) < 4.78 is 3.88. The molecule has 0 radical (unpaired) electrons. The summed E-state index contributed by atoms with van der Waals surface area (Å²) in [7, 11) is 1.98. The second kappa shape index (κ2) is 11.8. The van der Waals surface area contributed by atoms with E-state index in [0.717, 1.165) is 44.4 Å². The minimum absolute atomic E-state index is 0.0650. The molecule has 0 aliphatic carbocycles. The molecule has 0 saturated carbocycles. The maximum atomic E-state index is 13.8. The molecule has 1 amide bonds. The number of carbonyl (C=O) groups is 2. The highest BCUT2D eigenvalue weighted by Gasteiger charge is 2.21. The summed E-state index contributed by atoms with van der Waals surface area (Å²) in [5.41, 5.74) is 9.06. The molecular weight excluding hydrogens is 548 g/mol. The van der Waals surface area contributed by atoms with Crippen molar-refractivity contribution in [3.8, 4) is 17.2 Å². The number of ketones is 1.